The molecular weight excluding hydrogens is 525 g/mol. The van der Waals surface area contributed by atoms with E-state index in [1.165, 1.54) is 12.1 Å². The predicted octanol–water partition coefficient (Wildman–Crippen LogP) is 5.76. The van der Waals surface area contributed by atoms with Gasteiger partial charge in [0.15, 0.2) is 0 Å². The summed E-state index contributed by atoms with van der Waals surface area (Å²) in [6.45, 7) is 0.979. The van der Waals surface area contributed by atoms with E-state index < -0.39 is 10.0 Å². The number of anilines is 1. The Hall–Kier alpha value is -2.56. The van der Waals surface area contributed by atoms with Crippen LogP contribution in [0.2, 0.25) is 0 Å². The fourth-order valence-electron chi connectivity index (χ4n) is 5.83. The third-order valence-electron chi connectivity index (χ3n) is 7.92. The van der Waals surface area contributed by atoms with E-state index in [1.54, 1.807) is 35.4 Å². The summed E-state index contributed by atoms with van der Waals surface area (Å²) < 4.78 is 50.5. The van der Waals surface area contributed by atoms with Crippen LogP contribution >= 0.6 is 11.9 Å². The monoisotopic (exact) mass is 559 g/mol. The minimum absolute atomic E-state index is 0.0179. The molecule has 1 saturated carbocycles. The van der Waals surface area contributed by atoms with Gasteiger partial charge in [-0.05, 0) is 67.5 Å². The summed E-state index contributed by atoms with van der Waals surface area (Å²) in [5.74, 6) is -0.306. The number of sulfonamides is 1. The minimum atomic E-state index is -3.34. The lowest BCUT2D eigenvalue weighted by molar-refractivity contribution is 0.0964. The van der Waals surface area contributed by atoms with E-state index in [9.17, 15) is 17.6 Å². The Balaban J connectivity index is 1.62. The number of halogens is 1. The molecule has 5 rings (SSSR count). The molecule has 0 bridgehead atoms. The van der Waals surface area contributed by atoms with Crippen LogP contribution in [0.15, 0.2) is 40.8 Å². The van der Waals surface area contributed by atoms with E-state index in [0.29, 0.717) is 40.9 Å². The summed E-state index contributed by atoms with van der Waals surface area (Å²) >= 11 is 1.55. The maximum Gasteiger partial charge on any atom is 0.255 e. The molecule has 1 unspecified atom stereocenters. The van der Waals surface area contributed by atoms with Gasteiger partial charge in [-0.15, -0.1) is 0 Å². The van der Waals surface area contributed by atoms with Gasteiger partial charge in [-0.2, -0.15) is 0 Å². The second-order valence-electron chi connectivity index (χ2n) is 10.1. The number of furan rings is 1. The number of hydrogen-bond acceptors (Lipinski definition) is 6. The Kier molecular flexibility index (Phi) is 7.75. The second kappa shape index (κ2) is 10.9. The van der Waals surface area contributed by atoms with Gasteiger partial charge in [-0.25, -0.2) is 17.1 Å². The number of nitrogens with zero attached hydrogens (tertiary/aromatic N) is 2. The molecule has 2 aromatic carbocycles. The van der Waals surface area contributed by atoms with Gasteiger partial charge in [0.25, 0.3) is 5.91 Å². The highest BCUT2D eigenvalue weighted by Gasteiger charge is 2.38. The third kappa shape index (κ3) is 4.94. The van der Waals surface area contributed by atoms with E-state index >= 15 is 0 Å². The normalized spacial score (nSPS) is 19.2. The van der Waals surface area contributed by atoms with Crippen molar-refractivity contribution in [1.82, 2.24) is 9.62 Å². The second-order valence-corrected chi connectivity index (χ2v) is 13.3. The topological polar surface area (TPSA) is 82.9 Å². The highest BCUT2D eigenvalue weighted by molar-refractivity contribution is 7.99. The maximum atomic E-state index is 13.6. The Labute approximate surface area is 227 Å². The van der Waals surface area contributed by atoms with Crippen molar-refractivity contribution >= 4 is 44.5 Å². The van der Waals surface area contributed by atoms with E-state index in [-0.39, 0.29) is 22.9 Å². The Bertz CT molecular complexity index is 1430. The smallest absolute Gasteiger partial charge is 0.255 e. The fraction of sp³-hybridized carbons (Fsp3) is 0.464. The largest absolute Gasteiger partial charge is 0.455 e. The quantitative estimate of drug-likeness (QED) is 0.371. The molecule has 3 aromatic rings. The molecule has 38 heavy (non-hydrogen) atoms. The van der Waals surface area contributed by atoms with E-state index in [4.69, 9.17) is 4.42 Å². The number of piperidine rings is 1. The average Bonchev–Trinajstić information content (AvgIpc) is 3.61. The summed E-state index contributed by atoms with van der Waals surface area (Å²) in [4.78, 5) is 13.1. The van der Waals surface area contributed by atoms with Crippen LogP contribution in [0.3, 0.4) is 0 Å². The summed E-state index contributed by atoms with van der Waals surface area (Å²) in [5, 5.41) is 3.10. The van der Waals surface area contributed by atoms with Gasteiger partial charge in [0.2, 0.25) is 10.0 Å². The van der Waals surface area contributed by atoms with Crippen molar-refractivity contribution in [1.29, 1.82) is 0 Å². The van der Waals surface area contributed by atoms with Gasteiger partial charge in [0, 0.05) is 50.5 Å². The van der Waals surface area contributed by atoms with Crippen molar-refractivity contribution < 1.29 is 22.0 Å². The van der Waals surface area contributed by atoms with Gasteiger partial charge in [0.05, 0.1) is 16.5 Å². The lowest BCUT2D eigenvalue weighted by Gasteiger charge is -2.35. The number of fused-ring (bicyclic) bond motifs is 1. The van der Waals surface area contributed by atoms with Gasteiger partial charge >= 0.3 is 0 Å². The van der Waals surface area contributed by atoms with Crippen LogP contribution in [0.25, 0.3) is 22.3 Å². The molecule has 7 nitrogen and oxygen atoms in total. The Morgan fingerprint density at radius 2 is 1.84 bits per heavy atom. The molecule has 0 radical (unpaired) electrons. The van der Waals surface area contributed by atoms with Crippen LogP contribution < -0.4 is 9.62 Å². The summed E-state index contributed by atoms with van der Waals surface area (Å²) in [6.07, 6.45) is 7.05. The molecule has 2 aliphatic rings. The first-order valence-corrected chi connectivity index (χ1v) is 15.8. The molecular formula is C28H34FN3O4S2. The highest BCUT2D eigenvalue weighted by Crippen LogP contribution is 2.43. The van der Waals surface area contributed by atoms with Crippen molar-refractivity contribution in [2.75, 3.05) is 37.7 Å². The van der Waals surface area contributed by atoms with Gasteiger partial charge in [-0.1, -0.05) is 24.8 Å². The standard InChI is InChI=1S/C28H34FN3O4S2/c1-30-28(33)26-23-15-22(19-7-6-14-32(17-19)38(34,35)21-8-4-5-9-21)24(31(2)37-3)16-25(23)36-27(26)18-10-12-20(29)13-11-18/h10-13,15-16,19,21H,4-9,14,17H2,1-3H3,(H,30,33). The first-order valence-electron chi connectivity index (χ1n) is 13.1. The number of carbonyl (C=O) groups excluding carboxylic acids is 1. The first kappa shape index (κ1) is 27.0. The van der Waals surface area contributed by atoms with Crippen molar-refractivity contribution in [2.24, 2.45) is 0 Å². The van der Waals surface area contributed by atoms with Gasteiger partial charge < -0.3 is 14.0 Å². The number of hydrogen-bond donors (Lipinski definition) is 1. The first-order chi connectivity index (χ1) is 18.2. The van der Waals surface area contributed by atoms with Gasteiger partial charge in [0.1, 0.15) is 17.2 Å². The molecule has 2 heterocycles. The molecule has 1 atom stereocenters. The molecule has 1 aliphatic heterocycles. The number of rotatable bonds is 7. The lowest BCUT2D eigenvalue weighted by Crippen LogP contribution is -2.43. The van der Waals surface area contributed by atoms with Crippen LogP contribution in [0.1, 0.15) is 60.4 Å². The van der Waals surface area contributed by atoms with E-state index in [0.717, 1.165) is 49.8 Å². The maximum absolute atomic E-state index is 13.6. The van der Waals surface area contributed by atoms with E-state index in [2.05, 4.69) is 5.32 Å². The summed E-state index contributed by atoms with van der Waals surface area (Å²) in [6, 6.07) is 9.82. The molecule has 0 spiro atoms. The van der Waals surface area contributed by atoms with Crippen molar-refractivity contribution in [3.05, 3.63) is 53.3 Å². The number of nitrogens with one attached hydrogen (secondary N) is 1. The van der Waals surface area contributed by atoms with Crippen LogP contribution in [0.4, 0.5) is 10.1 Å². The number of amides is 1. The molecule has 1 aromatic heterocycles. The zero-order valence-electron chi connectivity index (χ0n) is 22.0. The van der Waals surface area contributed by atoms with E-state index in [1.807, 2.05) is 29.7 Å². The van der Waals surface area contributed by atoms with Crippen LogP contribution in [-0.4, -0.2) is 57.3 Å². The van der Waals surface area contributed by atoms with Crippen molar-refractivity contribution in [3.63, 3.8) is 0 Å². The molecule has 2 fully saturated rings. The lowest BCUT2D eigenvalue weighted by atomic mass is 9.89. The molecule has 1 aliphatic carbocycles. The Morgan fingerprint density at radius 1 is 1.13 bits per heavy atom. The molecule has 10 heteroatoms. The molecule has 1 saturated heterocycles. The van der Waals surface area contributed by atoms with Crippen LogP contribution in [0, 0.1) is 5.82 Å². The highest BCUT2D eigenvalue weighted by atomic mass is 32.2. The summed E-state index contributed by atoms with van der Waals surface area (Å²) in [5.41, 5.74) is 3.47. The SMILES string of the molecule is CNC(=O)c1c(-c2ccc(F)cc2)oc2cc(N(C)SC)c(C3CCCN(S(=O)(=O)C4CCCC4)C3)cc12. The average molecular weight is 560 g/mol. The number of benzene rings is 2. The van der Waals surface area contributed by atoms with Crippen LogP contribution in [0.5, 0.6) is 0 Å². The number of carbonyl (C=O) groups is 1. The van der Waals surface area contributed by atoms with Crippen LogP contribution in [-0.2, 0) is 10.0 Å². The van der Waals surface area contributed by atoms with Crippen molar-refractivity contribution in [2.45, 2.75) is 49.7 Å². The molecule has 1 N–H and O–H groups in total. The third-order valence-corrected chi connectivity index (χ3v) is 11.0. The van der Waals surface area contributed by atoms with Gasteiger partial charge in [-0.3, -0.25) is 4.79 Å². The van der Waals surface area contributed by atoms with Crippen molar-refractivity contribution in [3.8, 4) is 11.3 Å². The summed E-state index contributed by atoms with van der Waals surface area (Å²) in [7, 11) is 0.192. The molecule has 204 valence electrons. The zero-order valence-corrected chi connectivity index (χ0v) is 23.6. The zero-order chi connectivity index (χ0) is 27.0. The predicted molar refractivity (Wildman–Crippen MR) is 152 cm³/mol. The molecule has 1 amide bonds. The Morgan fingerprint density at radius 3 is 2.50 bits per heavy atom. The fourth-order valence-corrected chi connectivity index (χ4v) is 8.30. The minimum Gasteiger partial charge on any atom is -0.455 e.